The summed E-state index contributed by atoms with van der Waals surface area (Å²) in [6.45, 7) is 1.77. The summed E-state index contributed by atoms with van der Waals surface area (Å²) in [4.78, 5) is 18.8. The van der Waals surface area contributed by atoms with Crippen LogP contribution in [0.1, 0.15) is 29.1 Å². The number of aromatic amines is 1. The summed E-state index contributed by atoms with van der Waals surface area (Å²) < 4.78 is 14.2. The van der Waals surface area contributed by atoms with Crippen molar-refractivity contribution in [2.75, 3.05) is 0 Å². The number of hydrogen-bond donors (Lipinski definition) is 2. The van der Waals surface area contributed by atoms with Gasteiger partial charge in [0.15, 0.2) is 0 Å². The van der Waals surface area contributed by atoms with Crippen molar-refractivity contribution in [1.82, 2.24) is 15.3 Å². The molecule has 0 saturated carbocycles. The van der Waals surface area contributed by atoms with E-state index in [4.69, 9.17) is 0 Å². The van der Waals surface area contributed by atoms with Crippen LogP contribution in [0.25, 0.3) is 0 Å². The van der Waals surface area contributed by atoms with E-state index in [0.29, 0.717) is 10.3 Å². The van der Waals surface area contributed by atoms with Crippen LogP contribution in [0.5, 0.6) is 0 Å². The summed E-state index contributed by atoms with van der Waals surface area (Å²) >= 11 is 3.20. The van der Waals surface area contributed by atoms with E-state index in [9.17, 15) is 9.18 Å². The van der Waals surface area contributed by atoms with Crippen LogP contribution in [-0.4, -0.2) is 15.9 Å². The molecule has 2 aromatic rings. The molecule has 2 N–H and O–H groups in total. The molecule has 1 amide bonds. The van der Waals surface area contributed by atoms with Crippen molar-refractivity contribution >= 4 is 21.8 Å². The fraction of sp³-hybridized carbons (Fsp3) is 0.167. The Hall–Kier alpha value is -1.69. The minimum atomic E-state index is -0.553. The largest absolute Gasteiger partial charge is 0.347 e. The van der Waals surface area contributed by atoms with E-state index < -0.39 is 11.7 Å². The number of benzene rings is 1. The Balaban J connectivity index is 2.15. The van der Waals surface area contributed by atoms with Gasteiger partial charge in [0, 0.05) is 16.9 Å². The summed E-state index contributed by atoms with van der Waals surface area (Å²) in [5, 5.41) is 2.67. The maximum Gasteiger partial charge on any atom is 0.254 e. The number of halogens is 2. The molecule has 0 bridgehead atoms. The van der Waals surface area contributed by atoms with Crippen LogP contribution in [0.3, 0.4) is 0 Å². The van der Waals surface area contributed by atoms with E-state index >= 15 is 0 Å². The highest BCUT2D eigenvalue weighted by atomic mass is 79.9. The van der Waals surface area contributed by atoms with Gasteiger partial charge in [-0.3, -0.25) is 4.79 Å². The van der Waals surface area contributed by atoms with Gasteiger partial charge in [-0.15, -0.1) is 0 Å². The molecular weight excluding hydrogens is 301 g/mol. The van der Waals surface area contributed by atoms with E-state index in [-0.39, 0.29) is 11.6 Å². The molecule has 0 aliphatic heterocycles. The van der Waals surface area contributed by atoms with E-state index in [0.717, 1.165) is 0 Å². The van der Waals surface area contributed by atoms with Gasteiger partial charge in [-0.05, 0) is 25.1 Å². The SMILES string of the molecule is CC(NC(=O)c1cc(Br)ccc1F)c1ncc[nH]1. The van der Waals surface area contributed by atoms with Crippen molar-refractivity contribution in [1.29, 1.82) is 0 Å². The molecule has 0 radical (unpaired) electrons. The first-order valence-corrected chi connectivity index (χ1v) is 6.12. The van der Waals surface area contributed by atoms with Gasteiger partial charge in [0.05, 0.1) is 11.6 Å². The normalized spacial score (nSPS) is 12.2. The number of rotatable bonds is 3. The predicted molar refractivity (Wildman–Crippen MR) is 68.6 cm³/mol. The molecule has 1 aromatic carbocycles. The first-order chi connectivity index (χ1) is 8.58. The third-order valence-electron chi connectivity index (χ3n) is 2.45. The molecule has 1 aromatic heterocycles. The maximum absolute atomic E-state index is 13.5. The highest BCUT2D eigenvalue weighted by Crippen LogP contribution is 2.16. The highest BCUT2D eigenvalue weighted by Gasteiger charge is 2.16. The maximum atomic E-state index is 13.5. The molecule has 4 nitrogen and oxygen atoms in total. The number of aromatic nitrogens is 2. The second-order valence-electron chi connectivity index (χ2n) is 3.79. The molecule has 0 aliphatic rings. The molecule has 18 heavy (non-hydrogen) atoms. The Bertz CT molecular complexity index is 556. The lowest BCUT2D eigenvalue weighted by molar-refractivity contribution is 0.0934. The number of amides is 1. The van der Waals surface area contributed by atoms with E-state index in [1.807, 2.05) is 0 Å². The summed E-state index contributed by atoms with van der Waals surface area (Å²) in [6.07, 6.45) is 3.26. The third kappa shape index (κ3) is 2.76. The zero-order chi connectivity index (χ0) is 13.1. The van der Waals surface area contributed by atoms with Gasteiger partial charge in [-0.25, -0.2) is 9.37 Å². The number of hydrogen-bond acceptors (Lipinski definition) is 2. The summed E-state index contributed by atoms with van der Waals surface area (Å²) in [5.41, 5.74) is 0.00258. The fourth-order valence-corrected chi connectivity index (χ4v) is 1.89. The van der Waals surface area contributed by atoms with Gasteiger partial charge in [0.25, 0.3) is 5.91 Å². The van der Waals surface area contributed by atoms with Crippen molar-refractivity contribution in [2.24, 2.45) is 0 Å². The Kier molecular flexibility index (Phi) is 3.76. The molecular formula is C12H11BrFN3O. The molecule has 1 heterocycles. The molecule has 1 unspecified atom stereocenters. The molecule has 6 heteroatoms. The van der Waals surface area contributed by atoms with E-state index in [1.165, 1.54) is 12.1 Å². The number of carbonyl (C=O) groups is 1. The number of nitrogens with zero attached hydrogens (tertiary/aromatic N) is 1. The van der Waals surface area contributed by atoms with Gasteiger partial charge in [-0.1, -0.05) is 15.9 Å². The smallest absolute Gasteiger partial charge is 0.254 e. The van der Waals surface area contributed by atoms with Crippen LogP contribution in [0, 0.1) is 5.82 Å². The van der Waals surface area contributed by atoms with Gasteiger partial charge in [0.1, 0.15) is 11.6 Å². The van der Waals surface area contributed by atoms with Gasteiger partial charge in [0.2, 0.25) is 0 Å². The van der Waals surface area contributed by atoms with E-state index in [1.54, 1.807) is 25.4 Å². The topological polar surface area (TPSA) is 57.8 Å². The average Bonchev–Trinajstić information content (AvgIpc) is 2.85. The molecule has 94 valence electrons. The van der Waals surface area contributed by atoms with Crippen LogP contribution in [-0.2, 0) is 0 Å². The predicted octanol–water partition coefficient (Wildman–Crippen LogP) is 2.80. The van der Waals surface area contributed by atoms with E-state index in [2.05, 4.69) is 31.2 Å². The molecule has 0 spiro atoms. The van der Waals surface area contributed by atoms with Gasteiger partial charge < -0.3 is 10.3 Å². The zero-order valence-electron chi connectivity index (χ0n) is 9.58. The van der Waals surface area contributed by atoms with Gasteiger partial charge in [-0.2, -0.15) is 0 Å². The number of carbonyl (C=O) groups excluding carboxylic acids is 1. The first-order valence-electron chi connectivity index (χ1n) is 5.33. The Morgan fingerprint density at radius 2 is 2.33 bits per heavy atom. The molecule has 1 atom stereocenters. The minimum absolute atomic E-state index is 0.00258. The Morgan fingerprint density at radius 3 is 3.00 bits per heavy atom. The zero-order valence-corrected chi connectivity index (χ0v) is 11.2. The van der Waals surface area contributed by atoms with Crippen molar-refractivity contribution in [3.05, 3.63) is 52.3 Å². The van der Waals surface area contributed by atoms with Crippen molar-refractivity contribution in [2.45, 2.75) is 13.0 Å². The third-order valence-corrected chi connectivity index (χ3v) is 2.94. The molecule has 0 fully saturated rings. The van der Waals surface area contributed by atoms with Crippen LogP contribution in [0.2, 0.25) is 0 Å². The molecule has 2 rings (SSSR count). The van der Waals surface area contributed by atoms with Crippen LogP contribution in [0.15, 0.2) is 35.1 Å². The van der Waals surface area contributed by atoms with Crippen LogP contribution in [0.4, 0.5) is 4.39 Å². The fourth-order valence-electron chi connectivity index (χ4n) is 1.53. The van der Waals surface area contributed by atoms with Crippen LogP contribution < -0.4 is 5.32 Å². The van der Waals surface area contributed by atoms with Crippen molar-refractivity contribution in [3.8, 4) is 0 Å². The average molecular weight is 312 g/mol. The minimum Gasteiger partial charge on any atom is -0.347 e. The van der Waals surface area contributed by atoms with Crippen LogP contribution >= 0.6 is 15.9 Å². The summed E-state index contributed by atoms with van der Waals surface area (Å²) in [6, 6.07) is 3.92. The lowest BCUT2D eigenvalue weighted by Gasteiger charge is -2.12. The second-order valence-corrected chi connectivity index (χ2v) is 4.71. The summed E-state index contributed by atoms with van der Waals surface area (Å²) in [7, 11) is 0. The number of nitrogens with one attached hydrogen (secondary N) is 2. The lowest BCUT2D eigenvalue weighted by atomic mass is 10.2. The Labute approximate surface area is 112 Å². The van der Waals surface area contributed by atoms with Gasteiger partial charge >= 0.3 is 0 Å². The Morgan fingerprint density at radius 1 is 1.56 bits per heavy atom. The number of H-pyrrole nitrogens is 1. The first kappa shape index (κ1) is 12.8. The number of imidazole rings is 1. The molecule has 0 saturated heterocycles. The lowest BCUT2D eigenvalue weighted by Crippen LogP contribution is -2.28. The van der Waals surface area contributed by atoms with Crippen molar-refractivity contribution < 1.29 is 9.18 Å². The monoisotopic (exact) mass is 311 g/mol. The molecule has 0 aliphatic carbocycles. The quantitative estimate of drug-likeness (QED) is 0.915. The standard InChI is InChI=1S/C12H11BrFN3O/c1-7(11-15-4-5-16-11)17-12(18)9-6-8(13)2-3-10(9)14/h2-7H,1H3,(H,15,16)(H,17,18). The summed E-state index contributed by atoms with van der Waals surface area (Å²) in [5.74, 6) is -0.404. The highest BCUT2D eigenvalue weighted by molar-refractivity contribution is 9.10. The van der Waals surface area contributed by atoms with Crippen molar-refractivity contribution in [3.63, 3.8) is 0 Å². The second kappa shape index (κ2) is 5.30.